The Bertz CT molecular complexity index is 1150. The van der Waals surface area contributed by atoms with Crippen LogP contribution in [0.25, 0.3) is 0 Å². The molecule has 0 saturated carbocycles. The molecule has 2 aliphatic rings. The van der Waals surface area contributed by atoms with E-state index < -0.39 is 0 Å². The van der Waals surface area contributed by atoms with E-state index in [1.807, 2.05) is 0 Å². The summed E-state index contributed by atoms with van der Waals surface area (Å²) in [4.78, 5) is 0. The summed E-state index contributed by atoms with van der Waals surface area (Å²) in [7, 11) is 0. The van der Waals surface area contributed by atoms with Gasteiger partial charge < -0.3 is 5.11 Å². The number of rotatable bonds is 12. The van der Waals surface area contributed by atoms with E-state index in [-0.39, 0.29) is 11.5 Å². The molecule has 0 amide bonds. The average Bonchev–Trinajstić information content (AvgIpc) is 2.84. The van der Waals surface area contributed by atoms with Crippen LogP contribution in [0.1, 0.15) is 121 Å². The third-order valence-corrected chi connectivity index (χ3v) is 8.87. The lowest BCUT2D eigenvalue weighted by Gasteiger charge is -2.35. The van der Waals surface area contributed by atoms with Crippen molar-refractivity contribution >= 4 is 0 Å². The van der Waals surface area contributed by atoms with E-state index >= 15 is 0 Å². The highest BCUT2D eigenvalue weighted by atomic mass is 16.3. The van der Waals surface area contributed by atoms with Crippen molar-refractivity contribution in [1.82, 2.24) is 0 Å². The Balaban J connectivity index is 1.78. The molecular weight excluding hydrogens is 496 g/mol. The fourth-order valence-corrected chi connectivity index (χ4v) is 6.36. The predicted molar refractivity (Wildman–Crippen MR) is 183 cm³/mol. The highest BCUT2D eigenvalue weighted by Gasteiger charge is 2.31. The van der Waals surface area contributed by atoms with Crippen LogP contribution in [0.2, 0.25) is 0 Å². The summed E-state index contributed by atoms with van der Waals surface area (Å²) >= 11 is 0. The minimum absolute atomic E-state index is 0.0355. The second kappa shape index (κ2) is 16.3. The molecule has 41 heavy (non-hydrogen) atoms. The van der Waals surface area contributed by atoms with Crippen LogP contribution < -0.4 is 0 Å². The average molecular weight is 557 g/mol. The largest absolute Gasteiger partial charge is 0.393 e. The molecule has 1 nitrogen and oxygen atoms in total. The molecule has 0 fully saturated rings. The fraction of sp³-hybridized carbons (Fsp3) is 0.550. The van der Waals surface area contributed by atoms with Crippen LogP contribution in [0.4, 0.5) is 0 Å². The number of allylic oxidation sites excluding steroid dienone is 17. The Labute approximate surface area is 254 Å². The van der Waals surface area contributed by atoms with Crippen molar-refractivity contribution in [3.8, 4) is 0 Å². The van der Waals surface area contributed by atoms with E-state index in [2.05, 4.69) is 136 Å². The lowest BCUT2D eigenvalue weighted by molar-refractivity contribution is 0.116. The van der Waals surface area contributed by atoms with Gasteiger partial charge in [0.15, 0.2) is 0 Å². The highest BCUT2D eigenvalue weighted by Crippen LogP contribution is 2.42. The monoisotopic (exact) mass is 556 g/mol. The lowest BCUT2D eigenvalue weighted by atomic mass is 9.71. The zero-order chi connectivity index (χ0) is 30.6. The van der Waals surface area contributed by atoms with Gasteiger partial charge in [0.1, 0.15) is 0 Å². The van der Waals surface area contributed by atoms with Crippen molar-refractivity contribution in [3.05, 3.63) is 106 Å². The molecule has 1 heteroatoms. The maximum atomic E-state index is 10.1. The first-order chi connectivity index (χ1) is 19.2. The third kappa shape index (κ3) is 12.2. The van der Waals surface area contributed by atoms with E-state index in [9.17, 15) is 5.11 Å². The van der Waals surface area contributed by atoms with Crippen LogP contribution >= 0.6 is 0 Å². The Morgan fingerprint density at radius 3 is 2.22 bits per heavy atom. The minimum Gasteiger partial charge on any atom is -0.393 e. The van der Waals surface area contributed by atoms with Crippen LogP contribution in [0.3, 0.4) is 0 Å². The third-order valence-electron chi connectivity index (χ3n) is 8.87. The molecule has 0 heterocycles. The Morgan fingerprint density at radius 2 is 1.56 bits per heavy atom. The van der Waals surface area contributed by atoms with Crippen molar-refractivity contribution in [1.29, 1.82) is 0 Å². The second-order valence-electron chi connectivity index (χ2n) is 14.2. The van der Waals surface area contributed by atoms with Crippen LogP contribution in [-0.4, -0.2) is 11.2 Å². The fourth-order valence-electron chi connectivity index (χ4n) is 6.36. The number of hydrogen-bond acceptors (Lipinski definition) is 1. The predicted octanol–water partition coefficient (Wildman–Crippen LogP) is 11.9. The van der Waals surface area contributed by atoms with Gasteiger partial charge in [0.25, 0.3) is 0 Å². The summed E-state index contributed by atoms with van der Waals surface area (Å²) in [5.74, 6) is 0.517. The number of aliphatic hydroxyl groups is 1. The molecule has 0 aromatic rings. The van der Waals surface area contributed by atoms with Gasteiger partial charge in [-0.05, 0) is 114 Å². The summed E-state index contributed by atoms with van der Waals surface area (Å²) in [6.45, 7) is 22.6. The van der Waals surface area contributed by atoms with Crippen LogP contribution in [0.15, 0.2) is 106 Å². The zero-order valence-electron chi connectivity index (χ0n) is 28.1. The first kappa shape index (κ1) is 34.8. The van der Waals surface area contributed by atoms with Gasteiger partial charge in [0, 0.05) is 0 Å². The molecule has 1 unspecified atom stereocenters. The quantitative estimate of drug-likeness (QED) is 0.237. The minimum atomic E-state index is -0.206. The summed E-state index contributed by atoms with van der Waals surface area (Å²) in [6.07, 6.45) is 33.5. The van der Waals surface area contributed by atoms with E-state index in [0.717, 1.165) is 32.1 Å². The molecule has 2 aliphatic carbocycles. The Morgan fingerprint density at radius 1 is 0.902 bits per heavy atom. The van der Waals surface area contributed by atoms with Crippen molar-refractivity contribution in [3.63, 3.8) is 0 Å². The van der Waals surface area contributed by atoms with Gasteiger partial charge in [-0.25, -0.2) is 0 Å². The molecule has 0 aliphatic heterocycles. The van der Waals surface area contributed by atoms with Crippen LogP contribution in [-0.2, 0) is 0 Å². The Kier molecular flexibility index (Phi) is 13.8. The Hall–Kier alpha value is -2.38. The molecule has 0 saturated heterocycles. The highest BCUT2D eigenvalue weighted by molar-refractivity contribution is 5.37. The molecule has 2 atom stereocenters. The first-order valence-corrected chi connectivity index (χ1v) is 16.0. The van der Waals surface area contributed by atoms with Gasteiger partial charge in [-0.2, -0.15) is 0 Å². The number of hydrogen-bond donors (Lipinski definition) is 1. The van der Waals surface area contributed by atoms with Gasteiger partial charge in [-0.1, -0.05) is 129 Å². The molecule has 226 valence electrons. The molecular formula is C40H60O. The summed E-state index contributed by atoms with van der Waals surface area (Å²) < 4.78 is 0. The standard InChI is InChI=1S/C40H60O/c1-30(18-13-20-32(3)23-25-37-34(5)22-15-27-39(37,7)8)16-11-12-17-31(2)19-14-21-33(4)24-26-38-35(6)28-36(41)29-40(38,9)10/h11-13,17-18,20-21,23-26,30,36,41H,14-16,19,22,27-29H2,1-10H3/b12-11-,18-13+,25-23+,26-24+,31-17+,32-20+,33-21+/t30?,36-/m0/s1. The van der Waals surface area contributed by atoms with E-state index in [1.54, 1.807) is 5.57 Å². The van der Waals surface area contributed by atoms with Gasteiger partial charge in [-0.15, -0.1) is 0 Å². The zero-order valence-corrected chi connectivity index (χ0v) is 28.1. The van der Waals surface area contributed by atoms with E-state index in [4.69, 9.17) is 0 Å². The van der Waals surface area contributed by atoms with Crippen molar-refractivity contribution in [2.45, 2.75) is 127 Å². The topological polar surface area (TPSA) is 20.2 Å². The summed E-state index contributed by atoms with van der Waals surface area (Å²) in [6, 6.07) is 0. The molecule has 2 rings (SSSR count). The maximum absolute atomic E-state index is 10.1. The number of aliphatic hydroxyl groups excluding tert-OH is 1. The molecule has 0 radical (unpaired) electrons. The second-order valence-corrected chi connectivity index (χ2v) is 14.2. The van der Waals surface area contributed by atoms with E-state index in [1.165, 1.54) is 52.7 Å². The van der Waals surface area contributed by atoms with Crippen LogP contribution in [0.5, 0.6) is 0 Å². The van der Waals surface area contributed by atoms with Crippen molar-refractivity contribution in [2.24, 2.45) is 16.7 Å². The van der Waals surface area contributed by atoms with Crippen molar-refractivity contribution in [2.75, 3.05) is 0 Å². The molecule has 0 aromatic carbocycles. The van der Waals surface area contributed by atoms with Crippen molar-refractivity contribution < 1.29 is 5.11 Å². The van der Waals surface area contributed by atoms with Gasteiger partial charge in [-0.3, -0.25) is 0 Å². The summed E-state index contributed by atoms with van der Waals surface area (Å²) in [5, 5.41) is 10.1. The molecule has 0 spiro atoms. The molecule has 0 bridgehead atoms. The summed E-state index contributed by atoms with van der Waals surface area (Å²) in [5.41, 5.74) is 10.1. The van der Waals surface area contributed by atoms with E-state index in [0.29, 0.717) is 11.3 Å². The molecule has 0 aromatic heterocycles. The van der Waals surface area contributed by atoms with Crippen LogP contribution in [0, 0.1) is 16.7 Å². The molecule has 1 N–H and O–H groups in total. The lowest BCUT2D eigenvalue weighted by Crippen LogP contribution is -2.28. The smallest absolute Gasteiger partial charge is 0.0585 e. The van der Waals surface area contributed by atoms with Gasteiger partial charge in [0.05, 0.1) is 6.10 Å². The SMILES string of the molecule is CC1=C(/C=C/C(C)=C/C=C/C(C)C/C=C\C=C(/C)CC/C=C(C)/C=C/C2=C(C)C[C@H](O)CC2(C)C)C(C)(C)CCC1. The normalized spacial score (nSPS) is 23.7. The van der Waals surface area contributed by atoms with Gasteiger partial charge in [0.2, 0.25) is 0 Å². The van der Waals surface area contributed by atoms with Gasteiger partial charge >= 0.3 is 0 Å². The first-order valence-electron chi connectivity index (χ1n) is 16.0. The maximum Gasteiger partial charge on any atom is 0.0585 e.